The van der Waals surface area contributed by atoms with Crippen LogP contribution in [0.15, 0.2) is 54.6 Å². The van der Waals surface area contributed by atoms with Crippen LogP contribution in [0.25, 0.3) is 0 Å². The molecule has 8 heteroatoms. The van der Waals surface area contributed by atoms with E-state index in [1.807, 2.05) is 40.1 Å². The fraction of sp³-hybridized carbons (Fsp3) is 0.618. The summed E-state index contributed by atoms with van der Waals surface area (Å²) in [5.74, 6) is -1.11. The van der Waals surface area contributed by atoms with Gasteiger partial charge in [-0.1, -0.05) is 86.7 Å². The summed E-state index contributed by atoms with van der Waals surface area (Å²) in [5.41, 5.74) is 1.07. The molecule has 1 N–H and O–H groups in total. The van der Waals surface area contributed by atoms with E-state index in [2.05, 4.69) is 36.1 Å². The van der Waals surface area contributed by atoms with E-state index < -0.39 is 27.4 Å². The molecule has 3 amide bonds. The average Bonchev–Trinajstić information content (AvgIpc) is 3.26. The second-order valence-corrected chi connectivity index (χ2v) is 14.7. The molecule has 1 saturated carbocycles. The topological polar surface area (TPSA) is 81.2 Å². The fourth-order valence-electron chi connectivity index (χ4n) is 8.24. The van der Waals surface area contributed by atoms with E-state index in [0.29, 0.717) is 26.2 Å². The quantitative estimate of drug-likeness (QED) is 0.337. The van der Waals surface area contributed by atoms with Crippen molar-refractivity contribution in [1.82, 2.24) is 14.7 Å². The van der Waals surface area contributed by atoms with Crippen LogP contribution in [0.5, 0.6) is 0 Å². The zero-order valence-corrected chi connectivity index (χ0v) is 25.6. The lowest BCUT2D eigenvalue weighted by Gasteiger charge is -2.40. The maximum Gasteiger partial charge on any atom is 0.247 e. The maximum absolute atomic E-state index is 14.7. The van der Waals surface area contributed by atoms with Gasteiger partial charge in [0.25, 0.3) is 0 Å². The van der Waals surface area contributed by atoms with Gasteiger partial charge >= 0.3 is 0 Å². The summed E-state index contributed by atoms with van der Waals surface area (Å²) >= 11 is 1.68. The van der Waals surface area contributed by atoms with Crippen LogP contribution >= 0.6 is 11.8 Å². The van der Waals surface area contributed by atoms with E-state index in [1.165, 1.54) is 6.42 Å². The number of benzene rings is 1. The van der Waals surface area contributed by atoms with Crippen molar-refractivity contribution in [1.29, 1.82) is 0 Å². The predicted octanol–water partition coefficient (Wildman–Crippen LogP) is 4.56. The number of hydrogen-bond donors (Lipinski definition) is 1. The summed E-state index contributed by atoms with van der Waals surface area (Å²) in [4.78, 5) is 49.5. The normalized spacial score (nSPS) is 33.0. The molecule has 1 unspecified atom stereocenters. The maximum atomic E-state index is 14.7. The minimum atomic E-state index is -0.780. The van der Waals surface area contributed by atoms with Crippen molar-refractivity contribution in [2.24, 2.45) is 11.8 Å². The summed E-state index contributed by atoms with van der Waals surface area (Å²) in [5, 5.41) is 9.23. The van der Waals surface area contributed by atoms with Crippen molar-refractivity contribution in [3.05, 3.63) is 60.2 Å². The molecule has 0 bridgehead atoms. The van der Waals surface area contributed by atoms with Crippen molar-refractivity contribution in [3.63, 3.8) is 0 Å². The molecule has 4 heterocycles. The van der Waals surface area contributed by atoms with Crippen LogP contribution in [0.1, 0.15) is 70.3 Å². The first-order valence-corrected chi connectivity index (χ1v) is 16.8. The molecule has 5 aliphatic rings. The van der Waals surface area contributed by atoms with Crippen LogP contribution in [-0.2, 0) is 20.9 Å². The van der Waals surface area contributed by atoms with Gasteiger partial charge in [0, 0.05) is 43.6 Å². The molecular formula is C34H45N3O4S. The summed E-state index contributed by atoms with van der Waals surface area (Å²) in [6.45, 7) is 4.35. The van der Waals surface area contributed by atoms with Gasteiger partial charge in [0.2, 0.25) is 17.7 Å². The van der Waals surface area contributed by atoms with Crippen LogP contribution in [0.2, 0.25) is 0 Å². The molecule has 1 aromatic carbocycles. The van der Waals surface area contributed by atoms with Crippen LogP contribution in [0.3, 0.4) is 0 Å². The molecule has 5 atom stereocenters. The minimum absolute atomic E-state index is 0.00635. The van der Waals surface area contributed by atoms with Gasteiger partial charge < -0.3 is 19.8 Å². The first-order valence-electron chi connectivity index (χ1n) is 16.0. The Morgan fingerprint density at radius 2 is 1.60 bits per heavy atom. The third kappa shape index (κ3) is 5.12. The second kappa shape index (κ2) is 12.2. The number of carbonyl (C=O) groups excluding carboxylic acids is 3. The highest BCUT2D eigenvalue weighted by atomic mass is 32.2. The van der Waals surface area contributed by atoms with E-state index in [0.717, 1.165) is 56.9 Å². The standard InChI is InChI=1S/C34H45N3O4S/c1-33-18-12-20-35(24-25-14-6-4-7-15-25)30(39)27(33)28-31(40)37(21-10-2-3-11-23-38)29-32(41)36(26-16-8-5-9-17-26)22-13-19-34(28,29)42-33/h4,6-7,12-15,18-19,26-29,38H,2-3,5,8-11,16-17,20-24H2,1H3/t27-,28+,29?,33+,34+/m1/s1. The summed E-state index contributed by atoms with van der Waals surface area (Å²) in [6, 6.07) is 9.63. The van der Waals surface area contributed by atoms with Crippen molar-refractivity contribution in [2.75, 3.05) is 26.2 Å². The number of likely N-dealkylation sites (tertiary alicyclic amines) is 1. The molecule has 0 aromatic heterocycles. The number of rotatable bonds is 9. The van der Waals surface area contributed by atoms with Gasteiger partial charge in [-0.25, -0.2) is 0 Å². The molecule has 3 fully saturated rings. The van der Waals surface area contributed by atoms with Crippen LogP contribution < -0.4 is 0 Å². The van der Waals surface area contributed by atoms with Crippen LogP contribution in [0.4, 0.5) is 0 Å². The molecular weight excluding hydrogens is 546 g/mol. The molecule has 2 saturated heterocycles. The number of fused-ring (bicyclic) bond motifs is 2. The molecule has 1 aliphatic carbocycles. The Hall–Kier alpha value is -2.58. The van der Waals surface area contributed by atoms with E-state index in [-0.39, 0.29) is 30.4 Å². The lowest BCUT2D eigenvalue weighted by atomic mass is 9.74. The molecule has 4 aliphatic heterocycles. The van der Waals surface area contributed by atoms with Crippen LogP contribution in [0, 0.1) is 11.8 Å². The smallest absolute Gasteiger partial charge is 0.247 e. The Morgan fingerprint density at radius 3 is 2.36 bits per heavy atom. The molecule has 6 rings (SSSR count). The van der Waals surface area contributed by atoms with Crippen molar-refractivity contribution in [3.8, 4) is 0 Å². The van der Waals surface area contributed by atoms with Gasteiger partial charge in [-0.05, 0) is 38.2 Å². The lowest BCUT2D eigenvalue weighted by Crippen LogP contribution is -2.55. The first kappa shape index (κ1) is 29.5. The molecule has 0 radical (unpaired) electrons. The number of aliphatic hydroxyl groups excluding tert-OH is 1. The van der Waals surface area contributed by atoms with Gasteiger partial charge in [-0.2, -0.15) is 0 Å². The summed E-state index contributed by atoms with van der Waals surface area (Å²) in [7, 11) is 0. The van der Waals surface area contributed by atoms with Crippen molar-refractivity contribution in [2.45, 2.75) is 92.8 Å². The van der Waals surface area contributed by atoms with E-state index in [1.54, 1.807) is 11.8 Å². The number of unbranched alkanes of at least 4 members (excludes halogenated alkanes) is 3. The number of hydrogen-bond acceptors (Lipinski definition) is 5. The van der Waals surface area contributed by atoms with Crippen molar-refractivity contribution < 1.29 is 19.5 Å². The monoisotopic (exact) mass is 591 g/mol. The molecule has 42 heavy (non-hydrogen) atoms. The predicted molar refractivity (Wildman–Crippen MR) is 165 cm³/mol. The first-order chi connectivity index (χ1) is 20.4. The van der Waals surface area contributed by atoms with Crippen molar-refractivity contribution >= 4 is 29.5 Å². The largest absolute Gasteiger partial charge is 0.396 e. The number of thioether (sulfide) groups is 1. The highest BCUT2D eigenvalue weighted by Gasteiger charge is 2.73. The Morgan fingerprint density at radius 1 is 0.857 bits per heavy atom. The number of aliphatic hydroxyl groups is 1. The van der Waals surface area contributed by atoms with Gasteiger partial charge in [-0.3, -0.25) is 14.4 Å². The Labute approximate surface area is 254 Å². The zero-order valence-electron chi connectivity index (χ0n) is 24.8. The summed E-state index contributed by atoms with van der Waals surface area (Å²) in [6.07, 6.45) is 17.3. The van der Waals surface area contributed by atoms with Gasteiger partial charge in [0.1, 0.15) is 6.04 Å². The minimum Gasteiger partial charge on any atom is -0.396 e. The average molecular weight is 592 g/mol. The Kier molecular flexibility index (Phi) is 8.56. The zero-order chi connectivity index (χ0) is 29.3. The second-order valence-electron chi connectivity index (χ2n) is 13.0. The third-order valence-electron chi connectivity index (χ3n) is 10.2. The molecule has 1 aromatic rings. The highest BCUT2D eigenvalue weighted by Crippen LogP contribution is 2.65. The Balaban J connectivity index is 1.36. The third-order valence-corrected chi connectivity index (χ3v) is 12.0. The molecule has 226 valence electrons. The fourth-order valence-corrected chi connectivity index (χ4v) is 10.4. The SMILES string of the molecule is C[C@]12C=CCN(Cc3ccccc3)C(=O)[C@H]1[C@H]1C(=O)N(CCCCCCO)C3C(=O)N(C4CCCCC4)CC=C[C@@]31S2. The van der Waals surface area contributed by atoms with E-state index >= 15 is 0 Å². The number of carbonyl (C=O) groups is 3. The van der Waals surface area contributed by atoms with Gasteiger partial charge in [0.05, 0.1) is 16.6 Å². The lowest BCUT2D eigenvalue weighted by molar-refractivity contribution is -0.145. The van der Waals surface area contributed by atoms with Gasteiger partial charge in [-0.15, -0.1) is 11.8 Å². The summed E-state index contributed by atoms with van der Waals surface area (Å²) < 4.78 is -1.36. The van der Waals surface area contributed by atoms with E-state index in [9.17, 15) is 19.5 Å². The number of nitrogens with zero attached hydrogens (tertiary/aromatic N) is 3. The molecule has 1 spiro atoms. The van der Waals surface area contributed by atoms with Gasteiger partial charge in [0.15, 0.2) is 0 Å². The van der Waals surface area contributed by atoms with E-state index in [4.69, 9.17) is 0 Å². The van der Waals surface area contributed by atoms with Crippen LogP contribution in [-0.4, -0.2) is 85.3 Å². The molecule has 7 nitrogen and oxygen atoms in total. The highest BCUT2D eigenvalue weighted by molar-refractivity contribution is 8.02. The Bertz CT molecular complexity index is 1230. The number of amides is 3.